The van der Waals surface area contributed by atoms with Crippen molar-refractivity contribution in [3.8, 4) is 5.75 Å². The fourth-order valence-corrected chi connectivity index (χ4v) is 4.85. The maximum absolute atomic E-state index is 10.1. The minimum absolute atomic E-state index is 0.0325. The molecule has 2 aliphatic rings. The molecule has 0 spiro atoms. The number of phenolic OH excluding ortho intramolecular Hbond substituents is 1. The molecule has 1 saturated heterocycles. The lowest BCUT2D eigenvalue weighted by Gasteiger charge is -2.55. The summed E-state index contributed by atoms with van der Waals surface area (Å²) < 4.78 is 0. The van der Waals surface area contributed by atoms with E-state index in [1.54, 1.807) is 0 Å². The number of aromatic hydroxyl groups is 1. The van der Waals surface area contributed by atoms with Crippen molar-refractivity contribution in [3.05, 3.63) is 65.2 Å². The van der Waals surface area contributed by atoms with Gasteiger partial charge in [-0.05, 0) is 61.2 Å². The average Bonchev–Trinajstić information content (AvgIpc) is 2.53. The molecule has 114 valence electrons. The summed E-state index contributed by atoms with van der Waals surface area (Å²) in [5, 5.41) is 10.1. The van der Waals surface area contributed by atoms with Gasteiger partial charge in [-0.25, -0.2) is 0 Å². The molecular formula is C20H23NO. The maximum Gasteiger partial charge on any atom is 0.115 e. The molecule has 1 unspecified atom stereocenters. The zero-order valence-electron chi connectivity index (χ0n) is 13.3. The van der Waals surface area contributed by atoms with Gasteiger partial charge in [-0.3, -0.25) is 0 Å². The van der Waals surface area contributed by atoms with Crippen LogP contribution in [-0.2, 0) is 11.8 Å². The highest BCUT2D eigenvalue weighted by Crippen LogP contribution is 2.52. The van der Waals surface area contributed by atoms with Crippen LogP contribution in [0.5, 0.6) is 5.75 Å². The number of rotatable bonds is 1. The second-order valence-electron chi connectivity index (χ2n) is 6.97. The molecule has 4 rings (SSSR count). The Labute approximate surface area is 132 Å². The Morgan fingerprint density at radius 2 is 1.91 bits per heavy atom. The summed E-state index contributed by atoms with van der Waals surface area (Å²) >= 11 is 0. The zero-order chi connectivity index (χ0) is 15.3. The molecule has 1 aliphatic carbocycles. The van der Waals surface area contributed by atoms with Gasteiger partial charge in [0.15, 0.2) is 0 Å². The lowest BCUT2D eigenvalue weighted by Crippen LogP contribution is -2.58. The number of likely N-dealkylation sites (N-methyl/N-ethyl adjacent to an activating group) is 1. The minimum atomic E-state index is 0.0325. The molecular weight excluding hydrogens is 270 g/mol. The predicted octanol–water partition coefficient (Wildman–Crippen LogP) is 3.57. The van der Waals surface area contributed by atoms with Crippen LogP contribution in [-0.4, -0.2) is 29.6 Å². The van der Waals surface area contributed by atoms with E-state index in [2.05, 4.69) is 55.3 Å². The Bertz CT molecular complexity index is 696. The molecule has 1 heterocycles. The minimum Gasteiger partial charge on any atom is -0.508 e. The molecule has 3 atom stereocenters. The summed E-state index contributed by atoms with van der Waals surface area (Å²) in [6.07, 6.45) is 2.20. The van der Waals surface area contributed by atoms with Crippen LogP contribution in [0.4, 0.5) is 0 Å². The van der Waals surface area contributed by atoms with Crippen LogP contribution < -0.4 is 0 Å². The van der Waals surface area contributed by atoms with Crippen molar-refractivity contribution in [2.75, 3.05) is 13.6 Å². The first-order chi connectivity index (χ1) is 10.6. The van der Waals surface area contributed by atoms with Gasteiger partial charge in [0.1, 0.15) is 5.75 Å². The average molecular weight is 293 g/mol. The maximum atomic E-state index is 10.1. The number of benzene rings is 2. The van der Waals surface area contributed by atoms with E-state index in [1.807, 2.05) is 12.1 Å². The summed E-state index contributed by atoms with van der Waals surface area (Å²) in [5.74, 6) is 0.932. The molecule has 22 heavy (non-hydrogen) atoms. The molecule has 2 bridgehead atoms. The number of hydrogen-bond acceptors (Lipinski definition) is 2. The van der Waals surface area contributed by atoms with E-state index in [9.17, 15) is 5.11 Å². The lowest BCUT2D eigenvalue weighted by molar-refractivity contribution is 0.0613. The van der Waals surface area contributed by atoms with Gasteiger partial charge in [0.25, 0.3) is 0 Å². The Morgan fingerprint density at radius 1 is 1.14 bits per heavy atom. The van der Waals surface area contributed by atoms with Gasteiger partial charge in [-0.15, -0.1) is 0 Å². The largest absolute Gasteiger partial charge is 0.508 e. The summed E-state index contributed by atoms with van der Waals surface area (Å²) in [6, 6.07) is 17.4. The van der Waals surface area contributed by atoms with E-state index in [0.717, 1.165) is 19.4 Å². The second-order valence-corrected chi connectivity index (χ2v) is 6.97. The van der Waals surface area contributed by atoms with E-state index in [1.165, 1.54) is 16.7 Å². The van der Waals surface area contributed by atoms with Crippen LogP contribution in [0.15, 0.2) is 48.5 Å². The highest BCUT2D eigenvalue weighted by Gasteiger charge is 2.51. The highest BCUT2D eigenvalue weighted by atomic mass is 16.3. The van der Waals surface area contributed by atoms with Crippen molar-refractivity contribution in [2.24, 2.45) is 5.92 Å². The third-order valence-electron chi connectivity index (χ3n) is 6.07. The smallest absolute Gasteiger partial charge is 0.115 e. The van der Waals surface area contributed by atoms with Gasteiger partial charge >= 0.3 is 0 Å². The molecule has 1 N–H and O–H groups in total. The first kappa shape index (κ1) is 13.8. The van der Waals surface area contributed by atoms with Crippen molar-refractivity contribution in [1.82, 2.24) is 4.90 Å². The topological polar surface area (TPSA) is 23.5 Å². The number of phenols is 1. The molecule has 2 nitrogen and oxygen atoms in total. The lowest BCUT2D eigenvalue weighted by atomic mass is 9.55. The normalized spacial score (nSPS) is 30.8. The molecule has 1 aliphatic heterocycles. The van der Waals surface area contributed by atoms with E-state index in [4.69, 9.17) is 0 Å². The SMILES string of the molecule is C[C@@H]1C2Cc3ccc(O)cc3[C@@]1(c1ccccc1)CCN2C. The summed E-state index contributed by atoms with van der Waals surface area (Å²) in [4.78, 5) is 2.52. The molecule has 0 radical (unpaired) electrons. The Kier molecular flexibility index (Phi) is 3.05. The number of likely N-dealkylation sites (tertiary alicyclic amines) is 1. The van der Waals surface area contributed by atoms with Crippen LogP contribution in [0.2, 0.25) is 0 Å². The Morgan fingerprint density at radius 3 is 2.68 bits per heavy atom. The van der Waals surface area contributed by atoms with Gasteiger partial charge in [-0.1, -0.05) is 43.3 Å². The quantitative estimate of drug-likeness (QED) is 0.869. The number of piperidine rings is 1. The fourth-order valence-electron chi connectivity index (χ4n) is 4.85. The van der Waals surface area contributed by atoms with Crippen molar-refractivity contribution in [2.45, 2.75) is 31.2 Å². The summed E-state index contributed by atoms with van der Waals surface area (Å²) in [6.45, 7) is 3.50. The molecule has 2 aromatic carbocycles. The first-order valence-electron chi connectivity index (χ1n) is 8.21. The number of hydrogen-bond donors (Lipinski definition) is 1. The third kappa shape index (κ3) is 1.77. The Hall–Kier alpha value is -1.80. The zero-order valence-corrected chi connectivity index (χ0v) is 13.3. The second kappa shape index (κ2) is 4.85. The standard InChI is InChI=1S/C20H23NO/c1-14-19-12-15-8-9-17(22)13-18(15)20(14,10-11-21(19)2)16-6-4-3-5-7-16/h3-9,13-14,19,22H,10-12H2,1-2H3/t14-,19?,20+/m1/s1. The van der Waals surface area contributed by atoms with Crippen LogP contribution in [0.25, 0.3) is 0 Å². The highest BCUT2D eigenvalue weighted by molar-refractivity contribution is 5.51. The van der Waals surface area contributed by atoms with E-state index >= 15 is 0 Å². The van der Waals surface area contributed by atoms with Crippen molar-refractivity contribution < 1.29 is 5.11 Å². The van der Waals surface area contributed by atoms with Crippen LogP contribution in [0.3, 0.4) is 0 Å². The molecule has 0 amide bonds. The van der Waals surface area contributed by atoms with Gasteiger partial charge in [0, 0.05) is 11.5 Å². The van der Waals surface area contributed by atoms with Crippen LogP contribution in [0.1, 0.15) is 30.0 Å². The van der Waals surface area contributed by atoms with Crippen molar-refractivity contribution in [1.29, 1.82) is 0 Å². The molecule has 0 aromatic heterocycles. The number of nitrogens with zero attached hydrogens (tertiary/aromatic N) is 1. The molecule has 1 fully saturated rings. The molecule has 2 heteroatoms. The fraction of sp³-hybridized carbons (Fsp3) is 0.400. The van der Waals surface area contributed by atoms with Gasteiger partial charge in [-0.2, -0.15) is 0 Å². The Balaban J connectivity index is 1.99. The molecule has 0 saturated carbocycles. The molecule has 2 aromatic rings. The van der Waals surface area contributed by atoms with Crippen molar-refractivity contribution in [3.63, 3.8) is 0 Å². The van der Waals surface area contributed by atoms with Crippen molar-refractivity contribution >= 4 is 0 Å². The number of fused-ring (bicyclic) bond motifs is 4. The van der Waals surface area contributed by atoms with E-state index in [-0.39, 0.29) is 5.41 Å². The summed E-state index contributed by atoms with van der Waals surface area (Å²) in [7, 11) is 2.25. The summed E-state index contributed by atoms with van der Waals surface area (Å²) in [5.41, 5.74) is 4.17. The van der Waals surface area contributed by atoms with Gasteiger partial charge in [0.05, 0.1) is 0 Å². The van der Waals surface area contributed by atoms with Gasteiger partial charge < -0.3 is 10.0 Å². The first-order valence-corrected chi connectivity index (χ1v) is 8.21. The third-order valence-corrected chi connectivity index (χ3v) is 6.07. The van der Waals surface area contributed by atoms with Crippen LogP contribution >= 0.6 is 0 Å². The van der Waals surface area contributed by atoms with Gasteiger partial charge in [0.2, 0.25) is 0 Å². The van der Waals surface area contributed by atoms with Crippen LogP contribution in [0, 0.1) is 5.92 Å². The van der Waals surface area contributed by atoms with E-state index < -0.39 is 0 Å². The van der Waals surface area contributed by atoms with E-state index in [0.29, 0.717) is 17.7 Å². The monoisotopic (exact) mass is 293 g/mol. The predicted molar refractivity (Wildman–Crippen MR) is 89.2 cm³/mol.